The summed E-state index contributed by atoms with van der Waals surface area (Å²) < 4.78 is 0. The van der Waals surface area contributed by atoms with E-state index in [4.69, 9.17) is 5.73 Å². The average molecular weight is 284 g/mol. The molecule has 2 heterocycles. The van der Waals surface area contributed by atoms with Crippen molar-refractivity contribution in [2.45, 2.75) is 39.0 Å². The largest absolute Gasteiger partial charge is 0.383 e. The van der Waals surface area contributed by atoms with Gasteiger partial charge in [-0.05, 0) is 25.3 Å². The monoisotopic (exact) mass is 284 g/mol. The van der Waals surface area contributed by atoms with Crippen LogP contribution in [0.15, 0.2) is 5.51 Å². The van der Waals surface area contributed by atoms with Gasteiger partial charge < -0.3 is 5.73 Å². The first-order valence-corrected chi connectivity index (χ1v) is 7.47. The number of aryl methyl sites for hydroxylation is 1. The second-order valence-electron chi connectivity index (χ2n) is 5.84. The zero-order valence-electron chi connectivity index (χ0n) is 11.8. The highest BCUT2D eigenvalue weighted by Crippen LogP contribution is 2.45. The molecular weight excluding hydrogens is 268 g/mol. The van der Waals surface area contributed by atoms with Gasteiger partial charge in [-0.1, -0.05) is 13.8 Å². The van der Waals surface area contributed by atoms with Gasteiger partial charge in [0.1, 0.15) is 17.5 Å². The topological polar surface area (TPSA) is 75.6 Å². The van der Waals surface area contributed by atoms with Crippen LogP contribution in [0, 0.1) is 18.3 Å². The molecule has 0 unspecified atom stereocenters. The maximum Gasteiger partial charge on any atom is 0.142 e. The summed E-state index contributed by atoms with van der Waals surface area (Å²) in [5.41, 5.74) is 12.5. The molecule has 3 rings (SSSR count). The minimum Gasteiger partial charge on any atom is -0.383 e. The molecule has 0 radical (unpaired) electrons. The average Bonchev–Trinajstić information content (AvgIpc) is 2.93. The first kappa shape index (κ1) is 13.1. The summed E-state index contributed by atoms with van der Waals surface area (Å²) in [4.78, 5) is 9.87. The quantitative estimate of drug-likeness (QED) is 0.872. The number of aromatic nitrogens is 2. The highest BCUT2D eigenvalue weighted by Gasteiger charge is 2.36. The number of hydrogen-bond donors (Lipinski definition) is 1. The van der Waals surface area contributed by atoms with Gasteiger partial charge in [0.25, 0.3) is 0 Å². The van der Waals surface area contributed by atoms with Crippen LogP contribution in [0.4, 0.5) is 5.82 Å². The number of rotatable bonds is 1. The van der Waals surface area contributed by atoms with Crippen LogP contribution in [0.2, 0.25) is 0 Å². The minimum atomic E-state index is 0.0186. The highest BCUT2D eigenvalue weighted by atomic mass is 32.1. The first-order valence-electron chi connectivity index (χ1n) is 6.59. The molecule has 0 atom stereocenters. The van der Waals surface area contributed by atoms with Crippen LogP contribution in [0.3, 0.4) is 0 Å². The molecule has 2 aromatic rings. The third-order valence-corrected chi connectivity index (χ3v) is 5.00. The molecule has 0 bridgehead atoms. The molecule has 4 nitrogen and oxygen atoms in total. The molecule has 5 heteroatoms. The molecule has 1 aliphatic rings. The lowest BCUT2D eigenvalue weighted by Crippen LogP contribution is -2.15. The van der Waals surface area contributed by atoms with Crippen molar-refractivity contribution in [1.29, 1.82) is 5.26 Å². The van der Waals surface area contributed by atoms with E-state index in [9.17, 15) is 5.26 Å². The van der Waals surface area contributed by atoms with E-state index in [0.29, 0.717) is 11.4 Å². The predicted octanol–water partition coefficient (Wildman–Crippen LogP) is 3.19. The number of thiazole rings is 1. The lowest BCUT2D eigenvalue weighted by Gasteiger charge is -2.19. The van der Waals surface area contributed by atoms with Crippen LogP contribution in [0.5, 0.6) is 0 Å². The van der Waals surface area contributed by atoms with Gasteiger partial charge in [0.05, 0.1) is 21.8 Å². The van der Waals surface area contributed by atoms with Crippen molar-refractivity contribution in [3.05, 3.63) is 28.0 Å². The van der Waals surface area contributed by atoms with Crippen LogP contribution >= 0.6 is 11.3 Å². The molecule has 2 aromatic heterocycles. The maximum absolute atomic E-state index is 9.46. The van der Waals surface area contributed by atoms with Crippen LogP contribution in [0.25, 0.3) is 10.4 Å². The number of hydrogen-bond acceptors (Lipinski definition) is 5. The van der Waals surface area contributed by atoms with Crippen LogP contribution in [0.1, 0.15) is 42.8 Å². The molecular formula is C15H16N4S. The van der Waals surface area contributed by atoms with Gasteiger partial charge in [-0.2, -0.15) is 5.26 Å². The summed E-state index contributed by atoms with van der Waals surface area (Å²) in [6, 6.07) is 2.23. The van der Waals surface area contributed by atoms with Gasteiger partial charge in [0.2, 0.25) is 0 Å². The Morgan fingerprint density at radius 1 is 1.45 bits per heavy atom. The lowest BCUT2D eigenvalue weighted by atomic mass is 9.89. The molecule has 20 heavy (non-hydrogen) atoms. The predicted molar refractivity (Wildman–Crippen MR) is 80.6 cm³/mol. The van der Waals surface area contributed by atoms with Crippen molar-refractivity contribution in [2.75, 3.05) is 5.73 Å². The smallest absolute Gasteiger partial charge is 0.142 e. The first-order chi connectivity index (χ1) is 9.45. The summed E-state index contributed by atoms with van der Waals surface area (Å²) in [5.74, 6) is 0.337. The van der Waals surface area contributed by atoms with Crippen molar-refractivity contribution < 1.29 is 0 Å². The number of nitrogens with two attached hydrogens (primary N) is 1. The molecule has 0 saturated heterocycles. The van der Waals surface area contributed by atoms with E-state index >= 15 is 0 Å². The van der Waals surface area contributed by atoms with E-state index < -0.39 is 0 Å². The van der Waals surface area contributed by atoms with Gasteiger partial charge >= 0.3 is 0 Å². The second-order valence-corrected chi connectivity index (χ2v) is 6.69. The summed E-state index contributed by atoms with van der Waals surface area (Å²) in [7, 11) is 0. The van der Waals surface area contributed by atoms with Gasteiger partial charge in [-0.25, -0.2) is 9.97 Å². The zero-order valence-corrected chi connectivity index (χ0v) is 12.6. The zero-order chi connectivity index (χ0) is 14.5. The Morgan fingerprint density at radius 3 is 2.80 bits per heavy atom. The fourth-order valence-electron chi connectivity index (χ4n) is 2.91. The van der Waals surface area contributed by atoms with E-state index in [1.165, 1.54) is 5.56 Å². The van der Waals surface area contributed by atoms with E-state index in [0.717, 1.165) is 34.7 Å². The third kappa shape index (κ3) is 1.72. The third-order valence-electron chi connectivity index (χ3n) is 4.05. The van der Waals surface area contributed by atoms with Crippen molar-refractivity contribution >= 4 is 17.2 Å². The molecule has 1 aliphatic carbocycles. The van der Waals surface area contributed by atoms with E-state index in [-0.39, 0.29) is 5.41 Å². The van der Waals surface area contributed by atoms with Gasteiger partial charge in [0, 0.05) is 11.0 Å². The lowest BCUT2D eigenvalue weighted by molar-refractivity contribution is 0.510. The summed E-state index contributed by atoms with van der Waals surface area (Å²) in [5, 5.41) is 9.46. The highest BCUT2D eigenvalue weighted by molar-refractivity contribution is 7.13. The van der Waals surface area contributed by atoms with Gasteiger partial charge in [-0.3, -0.25) is 0 Å². The standard InChI is InChI=1S/C15H16N4S/c1-8-12(20-7-18-8)11-9-4-5-15(2,3)13(9)19-14(17)10(11)6-16/h7H,4-5H2,1-3H3,(H2,17,19). The Hall–Kier alpha value is -1.93. The molecule has 0 saturated carbocycles. The van der Waals surface area contributed by atoms with Crippen molar-refractivity contribution in [1.82, 2.24) is 9.97 Å². The van der Waals surface area contributed by atoms with E-state index in [1.54, 1.807) is 11.3 Å². The minimum absolute atomic E-state index is 0.0186. The SMILES string of the molecule is Cc1ncsc1-c1c(C#N)c(N)nc2c1CCC2(C)C. The molecule has 0 spiro atoms. The Balaban J connectivity index is 2.40. The molecule has 2 N–H and O–H groups in total. The summed E-state index contributed by atoms with van der Waals surface area (Å²) in [6.07, 6.45) is 1.98. The molecule has 0 aliphatic heterocycles. The normalized spacial score (nSPS) is 15.9. The van der Waals surface area contributed by atoms with Crippen LogP contribution in [-0.2, 0) is 11.8 Å². The number of nitrogen functional groups attached to an aromatic ring is 1. The summed E-state index contributed by atoms with van der Waals surface area (Å²) in [6.45, 7) is 6.33. The number of nitrogens with zero attached hydrogens (tertiary/aromatic N) is 3. The molecule has 0 amide bonds. The van der Waals surface area contributed by atoms with E-state index in [1.807, 2.05) is 12.4 Å². The fraction of sp³-hybridized carbons (Fsp3) is 0.400. The number of pyridine rings is 1. The Morgan fingerprint density at radius 2 is 2.20 bits per heavy atom. The van der Waals surface area contributed by atoms with E-state index in [2.05, 4.69) is 29.9 Å². The van der Waals surface area contributed by atoms with Gasteiger partial charge in [-0.15, -0.1) is 11.3 Å². The molecule has 0 fully saturated rings. The van der Waals surface area contributed by atoms with Crippen molar-refractivity contribution in [3.8, 4) is 16.5 Å². The van der Waals surface area contributed by atoms with Crippen molar-refractivity contribution in [3.63, 3.8) is 0 Å². The van der Waals surface area contributed by atoms with Crippen LogP contribution < -0.4 is 5.73 Å². The molecule has 0 aromatic carbocycles. The Kier molecular flexibility index (Phi) is 2.80. The van der Waals surface area contributed by atoms with Crippen LogP contribution in [-0.4, -0.2) is 9.97 Å². The maximum atomic E-state index is 9.46. The number of fused-ring (bicyclic) bond motifs is 1. The van der Waals surface area contributed by atoms with Gasteiger partial charge in [0.15, 0.2) is 0 Å². The Labute approximate surface area is 122 Å². The number of nitriles is 1. The molecule has 102 valence electrons. The number of anilines is 1. The summed E-state index contributed by atoms with van der Waals surface area (Å²) >= 11 is 1.56. The second kappa shape index (κ2) is 4.29. The fourth-order valence-corrected chi connectivity index (χ4v) is 3.79. The Bertz CT molecular complexity index is 737. The van der Waals surface area contributed by atoms with Crippen molar-refractivity contribution in [2.24, 2.45) is 0 Å².